The van der Waals surface area contributed by atoms with Crippen LogP contribution in [0.3, 0.4) is 0 Å². The van der Waals surface area contributed by atoms with Gasteiger partial charge in [-0.15, -0.1) is 0 Å². The molecule has 0 amide bonds. The molecule has 266 valence electrons. The van der Waals surface area contributed by atoms with Crippen LogP contribution in [-0.2, 0) is 0 Å². The average Bonchev–Trinajstić information content (AvgIpc) is 3.64. The summed E-state index contributed by atoms with van der Waals surface area (Å²) < 4.78 is 2.42. The summed E-state index contributed by atoms with van der Waals surface area (Å²) in [6.07, 6.45) is 0. The lowest BCUT2D eigenvalue weighted by atomic mass is 9.95. The largest absolute Gasteiger partial charge is 0.309 e. The highest BCUT2D eigenvalue weighted by molar-refractivity contribution is 6.27. The van der Waals surface area contributed by atoms with Crippen molar-refractivity contribution < 1.29 is 0 Å². The van der Waals surface area contributed by atoms with Gasteiger partial charge in [-0.25, -0.2) is 19.9 Å². The summed E-state index contributed by atoms with van der Waals surface area (Å²) in [4.78, 5) is 20.2. The summed E-state index contributed by atoms with van der Waals surface area (Å²) in [7, 11) is 0. The number of hydrogen-bond donors (Lipinski definition) is 0. The molecule has 0 spiro atoms. The van der Waals surface area contributed by atoms with Gasteiger partial charge < -0.3 is 4.57 Å². The lowest BCUT2D eigenvalue weighted by molar-refractivity contribution is 1.07. The number of benzene rings is 8. The molecule has 11 rings (SSSR count). The molecule has 0 saturated heterocycles. The fourth-order valence-corrected chi connectivity index (χ4v) is 8.13. The number of fused-ring (bicyclic) bond motifs is 7. The summed E-state index contributed by atoms with van der Waals surface area (Å²) in [6, 6.07) is 69.8. The highest BCUT2D eigenvalue weighted by Gasteiger charge is 2.20. The van der Waals surface area contributed by atoms with Crippen molar-refractivity contribution in [2.75, 3.05) is 0 Å². The molecule has 0 bridgehead atoms. The van der Waals surface area contributed by atoms with Gasteiger partial charge in [0.1, 0.15) is 0 Å². The quantitative estimate of drug-likeness (QED) is 0.160. The Hall–Kier alpha value is -7.76. The minimum absolute atomic E-state index is 0.631. The molecule has 0 N–H and O–H groups in total. The van der Waals surface area contributed by atoms with Crippen LogP contribution in [0, 0.1) is 0 Å². The molecule has 3 heterocycles. The molecule has 0 unspecified atom stereocenters. The molecule has 0 aliphatic heterocycles. The van der Waals surface area contributed by atoms with Crippen LogP contribution in [0.2, 0.25) is 0 Å². The van der Waals surface area contributed by atoms with Crippen molar-refractivity contribution >= 4 is 43.5 Å². The lowest BCUT2D eigenvalue weighted by Gasteiger charge is -2.15. The molecule has 0 saturated carbocycles. The van der Waals surface area contributed by atoms with Crippen LogP contribution < -0.4 is 0 Å². The molecule has 0 atom stereocenters. The van der Waals surface area contributed by atoms with E-state index in [2.05, 4.69) is 144 Å². The van der Waals surface area contributed by atoms with Crippen LogP contribution in [0.15, 0.2) is 200 Å². The smallest absolute Gasteiger partial charge is 0.164 e. The van der Waals surface area contributed by atoms with E-state index in [0.717, 1.165) is 61.1 Å². The van der Waals surface area contributed by atoms with Crippen molar-refractivity contribution in [3.05, 3.63) is 200 Å². The zero-order valence-corrected chi connectivity index (χ0v) is 30.8. The minimum atomic E-state index is 0.631. The molecule has 8 aromatic carbocycles. The van der Waals surface area contributed by atoms with E-state index in [1.165, 1.54) is 27.2 Å². The Kier molecular flexibility index (Phi) is 7.74. The molecule has 5 nitrogen and oxygen atoms in total. The first kappa shape index (κ1) is 32.7. The zero-order chi connectivity index (χ0) is 37.7. The van der Waals surface area contributed by atoms with Crippen LogP contribution in [0.25, 0.3) is 106 Å². The Balaban J connectivity index is 1.09. The second-order valence-electron chi connectivity index (χ2n) is 14.2. The van der Waals surface area contributed by atoms with Gasteiger partial charge in [0.2, 0.25) is 0 Å². The van der Waals surface area contributed by atoms with Crippen molar-refractivity contribution in [2.24, 2.45) is 0 Å². The Morgan fingerprint density at radius 2 is 0.789 bits per heavy atom. The number of hydrogen-bond acceptors (Lipinski definition) is 4. The van der Waals surface area contributed by atoms with Crippen LogP contribution >= 0.6 is 0 Å². The molecule has 57 heavy (non-hydrogen) atoms. The molecule has 0 radical (unpaired) electrons. The van der Waals surface area contributed by atoms with Crippen molar-refractivity contribution in [1.82, 2.24) is 24.5 Å². The summed E-state index contributed by atoms with van der Waals surface area (Å²) in [5, 5.41) is 5.88. The van der Waals surface area contributed by atoms with Gasteiger partial charge in [-0.2, -0.15) is 0 Å². The third kappa shape index (κ3) is 5.64. The van der Waals surface area contributed by atoms with Gasteiger partial charge in [-0.3, -0.25) is 0 Å². The van der Waals surface area contributed by atoms with E-state index in [9.17, 15) is 0 Å². The molecule has 11 aromatic rings. The summed E-state index contributed by atoms with van der Waals surface area (Å²) in [5.74, 6) is 1.92. The third-order valence-electron chi connectivity index (χ3n) is 10.8. The molecule has 0 aliphatic rings. The van der Waals surface area contributed by atoms with Crippen LogP contribution in [-0.4, -0.2) is 24.5 Å². The van der Waals surface area contributed by atoms with Gasteiger partial charge in [0.05, 0.1) is 22.2 Å². The van der Waals surface area contributed by atoms with Gasteiger partial charge in [0.15, 0.2) is 17.5 Å². The van der Waals surface area contributed by atoms with Crippen molar-refractivity contribution in [3.8, 4) is 62.2 Å². The molecule has 3 aromatic heterocycles. The maximum atomic E-state index is 5.43. The van der Waals surface area contributed by atoms with Crippen LogP contribution in [0.5, 0.6) is 0 Å². The van der Waals surface area contributed by atoms with Crippen molar-refractivity contribution in [2.45, 2.75) is 0 Å². The predicted molar refractivity (Wildman–Crippen MR) is 234 cm³/mol. The fraction of sp³-hybridized carbons (Fsp3) is 0. The maximum absolute atomic E-state index is 5.43. The van der Waals surface area contributed by atoms with Gasteiger partial charge >= 0.3 is 0 Å². The molecule has 0 aliphatic carbocycles. The predicted octanol–water partition coefficient (Wildman–Crippen LogP) is 13.0. The van der Waals surface area contributed by atoms with E-state index in [1.54, 1.807) is 0 Å². The molecular weight excluding hydrogens is 695 g/mol. The topological polar surface area (TPSA) is 56.5 Å². The van der Waals surface area contributed by atoms with Gasteiger partial charge in [0, 0.05) is 54.9 Å². The lowest BCUT2D eigenvalue weighted by Crippen LogP contribution is -2.00. The average molecular weight is 728 g/mol. The summed E-state index contributed by atoms with van der Waals surface area (Å²) in [5.41, 5.74) is 11.5. The maximum Gasteiger partial charge on any atom is 0.164 e. The van der Waals surface area contributed by atoms with Gasteiger partial charge in [-0.1, -0.05) is 176 Å². The Bertz CT molecular complexity index is 3190. The monoisotopic (exact) mass is 727 g/mol. The second-order valence-corrected chi connectivity index (χ2v) is 14.2. The standard InChI is InChI=1S/C52H33N5/c1-5-15-35(16-6-1)48-44-32-31-42-41-23-13-14-24-46(41)57(40-21-11-4-12-22-40)49(42)47(44)43-30-29-39(33-45(43)53-48)34-25-27-38(28-26-34)52-55-50(36-17-7-2-8-18-36)54-51(56-52)37-19-9-3-10-20-37/h1-33H. The Morgan fingerprint density at radius 3 is 1.42 bits per heavy atom. The first-order valence-electron chi connectivity index (χ1n) is 19.1. The summed E-state index contributed by atoms with van der Waals surface area (Å²) >= 11 is 0. The Morgan fingerprint density at radius 1 is 0.316 bits per heavy atom. The highest BCUT2D eigenvalue weighted by atomic mass is 15.0. The van der Waals surface area contributed by atoms with E-state index in [4.69, 9.17) is 19.9 Å². The van der Waals surface area contributed by atoms with E-state index in [1.807, 2.05) is 60.7 Å². The number of pyridine rings is 1. The summed E-state index contributed by atoms with van der Waals surface area (Å²) in [6.45, 7) is 0. The van der Waals surface area contributed by atoms with Crippen LogP contribution in [0.1, 0.15) is 0 Å². The molecule has 0 fully saturated rings. The Labute approximate surface area is 329 Å². The van der Waals surface area contributed by atoms with E-state index in [0.29, 0.717) is 17.5 Å². The van der Waals surface area contributed by atoms with Crippen molar-refractivity contribution in [3.63, 3.8) is 0 Å². The first-order valence-corrected chi connectivity index (χ1v) is 19.1. The zero-order valence-electron chi connectivity index (χ0n) is 30.8. The fourth-order valence-electron chi connectivity index (χ4n) is 8.13. The van der Waals surface area contributed by atoms with E-state index >= 15 is 0 Å². The van der Waals surface area contributed by atoms with Crippen molar-refractivity contribution in [1.29, 1.82) is 0 Å². The van der Waals surface area contributed by atoms with Gasteiger partial charge in [-0.05, 0) is 35.4 Å². The second kappa shape index (κ2) is 13.5. The highest BCUT2D eigenvalue weighted by Crippen LogP contribution is 2.42. The first-order chi connectivity index (χ1) is 28.3. The number of rotatable bonds is 6. The molecule has 5 heteroatoms. The number of nitrogens with zero attached hydrogens (tertiary/aromatic N) is 5. The number of aromatic nitrogens is 5. The number of para-hydroxylation sites is 2. The van der Waals surface area contributed by atoms with E-state index < -0.39 is 0 Å². The van der Waals surface area contributed by atoms with Gasteiger partial charge in [0.25, 0.3) is 0 Å². The third-order valence-corrected chi connectivity index (χ3v) is 10.8. The minimum Gasteiger partial charge on any atom is -0.309 e. The molecular formula is C52H33N5. The SMILES string of the molecule is c1ccc(-c2nc(-c3ccccc3)nc(-c3ccc(-c4ccc5c(c4)nc(-c4ccccc4)c4ccc6c7ccccc7n(-c7ccccc7)c6c45)cc3)n2)cc1. The van der Waals surface area contributed by atoms with E-state index in [-0.39, 0.29) is 0 Å². The van der Waals surface area contributed by atoms with Crippen LogP contribution in [0.4, 0.5) is 0 Å². The normalized spacial score (nSPS) is 11.5.